The van der Waals surface area contributed by atoms with Crippen LogP contribution in [-0.4, -0.2) is 29.9 Å². The second-order valence-corrected chi connectivity index (χ2v) is 5.50. The van der Waals surface area contributed by atoms with E-state index in [1.54, 1.807) is 36.4 Å². The van der Waals surface area contributed by atoms with E-state index >= 15 is 0 Å². The van der Waals surface area contributed by atoms with Crippen LogP contribution in [0, 0.1) is 0 Å². The number of hydrogen-bond donors (Lipinski definition) is 2. The van der Waals surface area contributed by atoms with E-state index in [0.29, 0.717) is 16.8 Å². The third-order valence-corrected chi connectivity index (χ3v) is 3.53. The summed E-state index contributed by atoms with van der Waals surface area (Å²) in [6.07, 6.45) is 0. The van der Waals surface area contributed by atoms with Gasteiger partial charge in [-0.15, -0.1) is 0 Å². The summed E-state index contributed by atoms with van der Waals surface area (Å²) in [6, 6.07) is 12.8. The molecule has 0 unspecified atom stereocenters. The zero-order chi connectivity index (χ0) is 18.4. The lowest BCUT2D eigenvalue weighted by molar-refractivity contribution is -0.118. The Kier molecular flexibility index (Phi) is 5.79. The third-order valence-electron chi connectivity index (χ3n) is 3.53. The van der Waals surface area contributed by atoms with Crippen molar-refractivity contribution in [2.45, 2.75) is 13.8 Å². The Bertz CT molecular complexity index is 826. The Hall–Kier alpha value is -3.28. The lowest BCUT2D eigenvalue weighted by Gasteiger charge is -2.08. The molecule has 0 saturated carbocycles. The van der Waals surface area contributed by atoms with Gasteiger partial charge in [0, 0.05) is 22.4 Å². The summed E-state index contributed by atoms with van der Waals surface area (Å²) in [5, 5.41) is 5.12. The van der Waals surface area contributed by atoms with Crippen molar-refractivity contribution in [3.8, 4) is 0 Å². The molecule has 2 aromatic rings. The smallest absolute Gasteiger partial charge is 0.257 e. The zero-order valence-electron chi connectivity index (χ0n) is 14.0. The van der Waals surface area contributed by atoms with E-state index < -0.39 is 11.8 Å². The quantitative estimate of drug-likeness (QED) is 0.789. The third kappa shape index (κ3) is 5.10. The predicted octanol–water partition coefficient (Wildman–Crippen LogP) is 2.46. The van der Waals surface area contributed by atoms with Crippen molar-refractivity contribution in [2.75, 3.05) is 11.9 Å². The van der Waals surface area contributed by atoms with Crippen LogP contribution in [0.4, 0.5) is 5.69 Å². The summed E-state index contributed by atoms with van der Waals surface area (Å²) >= 11 is 0. The Labute approximate surface area is 145 Å². The Morgan fingerprint density at radius 3 is 2.00 bits per heavy atom. The van der Waals surface area contributed by atoms with Gasteiger partial charge < -0.3 is 5.32 Å². The van der Waals surface area contributed by atoms with Gasteiger partial charge in [0.05, 0.1) is 6.54 Å². The number of hydrogen-bond acceptors (Lipinski definition) is 5. The molecule has 2 amide bonds. The molecule has 0 saturated heterocycles. The van der Waals surface area contributed by atoms with Crippen LogP contribution in [0.25, 0.3) is 0 Å². The molecule has 0 aromatic heterocycles. The van der Waals surface area contributed by atoms with Crippen molar-refractivity contribution in [1.82, 2.24) is 5.32 Å². The van der Waals surface area contributed by atoms with Crippen LogP contribution in [0.3, 0.4) is 0 Å². The first-order valence-corrected chi connectivity index (χ1v) is 7.67. The molecule has 0 bridgehead atoms. The van der Waals surface area contributed by atoms with Gasteiger partial charge >= 0.3 is 0 Å². The summed E-state index contributed by atoms with van der Waals surface area (Å²) in [7, 11) is 0. The second kappa shape index (κ2) is 8.01. The number of nitrogens with one attached hydrogen (secondary N) is 2. The largest absolute Gasteiger partial charge is 0.376 e. The van der Waals surface area contributed by atoms with Gasteiger partial charge in [-0.05, 0) is 50.2 Å². The van der Waals surface area contributed by atoms with Crippen molar-refractivity contribution in [3.05, 3.63) is 65.2 Å². The van der Waals surface area contributed by atoms with Crippen molar-refractivity contribution in [3.63, 3.8) is 0 Å². The minimum atomic E-state index is -0.568. The first kappa shape index (κ1) is 18.1. The fourth-order valence-electron chi connectivity index (χ4n) is 2.13. The molecule has 2 aromatic carbocycles. The van der Waals surface area contributed by atoms with E-state index in [1.165, 1.54) is 26.0 Å². The number of benzene rings is 2. The van der Waals surface area contributed by atoms with E-state index in [9.17, 15) is 19.2 Å². The summed E-state index contributed by atoms with van der Waals surface area (Å²) in [5.74, 6) is -1.27. The predicted molar refractivity (Wildman–Crippen MR) is 93.9 cm³/mol. The molecule has 0 radical (unpaired) electrons. The fourth-order valence-corrected chi connectivity index (χ4v) is 2.13. The summed E-state index contributed by atoms with van der Waals surface area (Å²) in [6.45, 7) is 2.78. The number of carbonyl (C=O) groups is 4. The number of imide groups is 1. The number of rotatable bonds is 6. The maximum absolute atomic E-state index is 12.1. The van der Waals surface area contributed by atoms with Crippen LogP contribution in [0.15, 0.2) is 48.5 Å². The van der Waals surface area contributed by atoms with E-state index in [1.807, 2.05) is 0 Å². The Balaban J connectivity index is 1.91. The van der Waals surface area contributed by atoms with Gasteiger partial charge in [-0.2, -0.15) is 0 Å². The number of anilines is 1. The van der Waals surface area contributed by atoms with Gasteiger partial charge in [0.25, 0.3) is 5.91 Å². The Morgan fingerprint density at radius 2 is 1.40 bits per heavy atom. The number of ketones is 2. The molecule has 2 N–H and O–H groups in total. The SMILES string of the molecule is CC(=O)c1ccc(NCC(=O)NC(=O)c2cccc(C(C)=O)c2)cc1. The average molecular weight is 338 g/mol. The van der Waals surface area contributed by atoms with Gasteiger partial charge in [-0.3, -0.25) is 24.5 Å². The van der Waals surface area contributed by atoms with Crippen molar-refractivity contribution >= 4 is 29.1 Å². The summed E-state index contributed by atoms with van der Waals surface area (Å²) in [4.78, 5) is 46.5. The molecule has 2 rings (SSSR count). The molecule has 0 fully saturated rings. The highest BCUT2D eigenvalue weighted by molar-refractivity contribution is 6.07. The van der Waals surface area contributed by atoms with Gasteiger partial charge in [-0.1, -0.05) is 12.1 Å². The molecular formula is C19H18N2O4. The van der Waals surface area contributed by atoms with Crippen LogP contribution in [0.2, 0.25) is 0 Å². The topological polar surface area (TPSA) is 92.3 Å². The molecule has 25 heavy (non-hydrogen) atoms. The fraction of sp³-hybridized carbons (Fsp3) is 0.158. The van der Waals surface area contributed by atoms with Crippen LogP contribution in [-0.2, 0) is 4.79 Å². The number of Topliss-reactive ketones (excluding diaryl/α,β-unsaturated/α-hetero) is 2. The molecule has 0 spiro atoms. The second-order valence-electron chi connectivity index (χ2n) is 5.50. The molecule has 0 atom stereocenters. The lowest BCUT2D eigenvalue weighted by Crippen LogP contribution is -2.35. The van der Waals surface area contributed by atoms with E-state index in [0.717, 1.165) is 0 Å². The average Bonchev–Trinajstić information content (AvgIpc) is 2.60. The van der Waals surface area contributed by atoms with Crippen LogP contribution < -0.4 is 10.6 Å². The number of carbonyl (C=O) groups excluding carboxylic acids is 4. The highest BCUT2D eigenvalue weighted by Crippen LogP contribution is 2.10. The van der Waals surface area contributed by atoms with Crippen molar-refractivity contribution < 1.29 is 19.2 Å². The van der Waals surface area contributed by atoms with Gasteiger partial charge in [-0.25, -0.2) is 0 Å². The number of amides is 2. The van der Waals surface area contributed by atoms with Crippen LogP contribution >= 0.6 is 0 Å². The lowest BCUT2D eigenvalue weighted by atomic mass is 10.1. The molecule has 128 valence electrons. The molecule has 6 nitrogen and oxygen atoms in total. The van der Waals surface area contributed by atoms with E-state index in [-0.39, 0.29) is 23.7 Å². The van der Waals surface area contributed by atoms with Gasteiger partial charge in [0.1, 0.15) is 0 Å². The van der Waals surface area contributed by atoms with E-state index in [4.69, 9.17) is 0 Å². The normalized spacial score (nSPS) is 10.0. The standard InChI is InChI=1S/C19H18N2O4/c1-12(22)14-6-8-17(9-7-14)20-11-18(24)21-19(25)16-5-3-4-15(10-16)13(2)23/h3-10,20H,11H2,1-2H3,(H,21,24,25). The van der Waals surface area contributed by atoms with Crippen molar-refractivity contribution in [1.29, 1.82) is 0 Å². The summed E-state index contributed by atoms with van der Waals surface area (Å²) < 4.78 is 0. The molecule has 0 aliphatic heterocycles. The van der Waals surface area contributed by atoms with Gasteiger partial charge in [0.2, 0.25) is 5.91 Å². The molecule has 0 aliphatic carbocycles. The highest BCUT2D eigenvalue weighted by atomic mass is 16.2. The first-order chi connectivity index (χ1) is 11.9. The molecule has 0 heterocycles. The van der Waals surface area contributed by atoms with Gasteiger partial charge in [0.15, 0.2) is 11.6 Å². The van der Waals surface area contributed by atoms with Crippen LogP contribution in [0.1, 0.15) is 44.9 Å². The minimum absolute atomic E-state index is 0.0392. The zero-order valence-corrected chi connectivity index (χ0v) is 14.0. The first-order valence-electron chi connectivity index (χ1n) is 7.67. The highest BCUT2D eigenvalue weighted by Gasteiger charge is 2.11. The van der Waals surface area contributed by atoms with E-state index in [2.05, 4.69) is 10.6 Å². The molecule has 6 heteroatoms. The molecular weight excluding hydrogens is 320 g/mol. The summed E-state index contributed by atoms with van der Waals surface area (Å²) in [5.41, 5.74) is 1.89. The molecule has 0 aliphatic rings. The maximum atomic E-state index is 12.1. The maximum Gasteiger partial charge on any atom is 0.257 e. The van der Waals surface area contributed by atoms with Crippen LogP contribution in [0.5, 0.6) is 0 Å². The monoisotopic (exact) mass is 338 g/mol. The minimum Gasteiger partial charge on any atom is -0.376 e. The Morgan fingerprint density at radius 1 is 0.800 bits per heavy atom. The van der Waals surface area contributed by atoms with Crippen molar-refractivity contribution in [2.24, 2.45) is 0 Å².